The molecule has 4 nitrogen and oxygen atoms in total. The molecule has 0 bridgehead atoms. The second-order valence-corrected chi connectivity index (χ2v) is 3.69. The third-order valence-electron chi connectivity index (χ3n) is 1.80. The van der Waals surface area contributed by atoms with Gasteiger partial charge < -0.3 is 5.32 Å². The zero-order valence-corrected chi connectivity index (χ0v) is 9.08. The van der Waals surface area contributed by atoms with E-state index in [1.54, 1.807) is 6.20 Å². The van der Waals surface area contributed by atoms with Crippen molar-refractivity contribution < 1.29 is 4.79 Å². The van der Waals surface area contributed by atoms with Gasteiger partial charge in [0.2, 0.25) is 5.91 Å². The number of hydrogen-bond donors (Lipinski definition) is 1. The van der Waals surface area contributed by atoms with Gasteiger partial charge in [0, 0.05) is 13.1 Å². The van der Waals surface area contributed by atoms with Gasteiger partial charge in [0.1, 0.15) is 4.60 Å². The molecule has 0 aromatic carbocycles. The molecular formula is C9H8BrN3O. The lowest BCUT2D eigenvalue weighted by atomic mass is 10.4. The van der Waals surface area contributed by atoms with Crippen LogP contribution in [0.3, 0.4) is 0 Å². The summed E-state index contributed by atoms with van der Waals surface area (Å²) in [5.41, 5.74) is 1.44. The van der Waals surface area contributed by atoms with Gasteiger partial charge in [-0.1, -0.05) is 0 Å². The van der Waals surface area contributed by atoms with Gasteiger partial charge in [-0.2, -0.15) is 0 Å². The number of carbonyl (C=O) groups excluding carboxylic acids is 1. The molecule has 1 amide bonds. The number of imidazole rings is 1. The maximum absolute atomic E-state index is 10.9. The third-order valence-corrected chi connectivity index (χ3v) is 2.39. The number of hydrogen-bond acceptors (Lipinski definition) is 2. The second kappa shape index (κ2) is 3.42. The molecule has 0 aliphatic heterocycles. The number of halogens is 1. The average Bonchev–Trinajstić information content (AvgIpc) is 2.49. The zero-order valence-electron chi connectivity index (χ0n) is 7.49. The van der Waals surface area contributed by atoms with Gasteiger partial charge in [-0.15, -0.1) is 0 Å². The molecule has 0 aliphatic carbocycles. The first-order valence-electron chi connectivity index (χ1n) is 4.07. The number of carbonyl (C=O) groups is 1. The van der Waals surface area contributed by atoms with Gasteiger partial charge in [0.25, 0.3) is 0 Å². The largest absolute Gasteiger partial charge is 0.323 e. The molecule has 1 N–H and O–H groups in total. The molecule has 14 heavy (non-hydrogen) atoms. The van der Waals surface area contributed by atoms with Crippen molar-refractivity contribution in [2.24, 2.45) is 0 Å². The molecule has 0 spiro atoms. The fraction of sp³-hybridized carbons (Fsp3) is 0.111. The molecule has 2 heterocycles. The minimum Gasteiger partial charge on any atom is -0.323 e. The van der Waals surface area contributed by atoms with E-state index in [1.165, 1.54) is 6.92 Å². The molecule has 5 heteroatoms. The highest BCUT2D eigenvalue weighted by Gasteiger charge is 2.05. The third kappa shape index (κ3) is 1.50. The van der Waals surface area contributed by atoms with Crippen molar-refractivity contribution in [1.82, 2.24) is 9.38 Å². The summed E-state index contributed by atoms with van der Waals surface area (Å²) >= 11 is 3.35. The van der Waals surface area contributed by atoms with Gasteiger partial charge in [0.05, 0.1) is 11.9 Å². The lowest BCUT2D eigenvalue weighted by molar-refractivity contribution is -0.114. The van der Waals surface area contributed by atoms with Crippen LogP contribution in [0.1, 0.15) is 6.92 Å². The van der Waals surface area contributed by atoms with Crippen LogP contribution in [0, 0.1) is 0 Å². The lowest BCUT2D eigenvalue weighted by Crippen LogP contribution is -2.07. The van der Waals surface area contributed by atoms with Crippen molar-refractivity contribution in [3.05, 3.63) is 29.1 Å². The second-order valence-electron chi connectivity index (χ2n) is 2.88. The Bertz CT molecular complexity index is 492. The number of rotatable bonds is 1. The molecule has 0 radical (unpaired) electrons. The summed E-state index contributed by atoms with van der Waals surface area (Å²) in [7, 11) is 0. The van der Waals surface area contributed by atoms with E-state index in [1.807, 2.05) is 22.7 Å². The number of nitrogens with zero attached hydrogens (tertiary/aromatic N) is 2. The van der Waals surface area contributed by atoms with Gasteiger partial charge >= 0.3 is 0 Å². The number of anilines is 1. The summed E-state index contributed by atoms with van der Waals surface area (Å²) in [5, 5.41) is 2.72. The number of fused-ring (bicyclic) bond motifs is 1. The van der Waals surface area contributed by atoms with E-state index in [0.717, 1.165) is 10.3 Å². The Labute approximate surface area is 89.1 Å². The van der Waals surface area contributed by atoms with Crippen molar-refractivity contribution in [2.75, 3.05) is 5.32 Å². The molecule has 0 fully saturated rings. The highest BCUT2D eigenvalue weighted by atomic mass is 79.9. The first kappa shape index (κ1) is 9.21. The summed E-state index contributed by atoms with van der Waals surface area (Å²) in [6.07, 6.45) is 3.57. The maximum Gasteiger partial charge on any atom is 0.221 e. The molecule has 2 rings (SSSR count). The predicted octanol–water partition coefficient (Wildman–Crippen LogP) is 2.06. The topological polar surface area (TPSA) is 46.4 Å². The molecule has 0 aliphatic rings. The SMILES string of the molecule is CC(=O)Nc1cccn2c(Br)cnc12. The smallest absolute Gasteiger partial charge is 0.221 e. The fourth-order valence-corrected chi connectivity index (χ4v) is 1.66. The number of pyridine rings is 1. The van der Waals surface area contributed by atoms with Crippen LogP contribution in [0.25, 0.3) is 5.65 Å². The normalized spacial score (nSPS) is 10.4. The lowest BCUT2D eigenvalue weighted by Gasteiger charge is -2.03. The number of aromatic nitrogens is 2. The molecule has 0 saturated heterocycles. The van der Waals surface area contributed by atoms with Crippen molar-refractivity contribution in [2.45, 2.75) is 6.92 Å². The molecular weight excluding hydrogens is 246 g/mol. The molecule has 0 saturated carbocycles. The minimum atomic E-state index is -0.0998. The van der Waals surface area contributed by atoms with Crippen LogP contribution in [-0.2, 0) is 4.79 Å². The summed E-state index contributed by atoms with van der Waals surface area (Å²) in [6.45, 7) is 1.47. The molecule has 72 valence electrons. The Kier molecular flexibility index (Phi) is 2.25. The van der Waals surface area contributed by atoms with Crippen LogP contribution < -0.4 is 5.32 Å². The quantitative estimate of drug-likeness (QED) is 0.846. The van der Waals surface area contributed by atoms with Crippen molar-refractivity contribution in [1.29, 1.82) is 0 Å². The van der Waals surface area contributed by atoms with Gasteiger partial charge in [0.15, 0.2) is 5.65 Å². The van der Waals surface area contributed by atoms with E-state index >= 15 is 0 Å². The Morgan fingerprint density at radius 1 is 1.64 bits per heavy atom. The van der Waals surface area contributed by atoms with Crippen molar-refractivity contribution >= 4 is 33.2 Å². The first-order valence-corrected chi connectivity index (χ1v) is 4.87. The summed E-state index contributed by atoms with van der Waals surface area (Å²) < 4.78 is 2.71. The number of amides is 1. The molecule has 2 aromatic rings. The summed E-state index contributed by atoms with van der Waals surface area (Å²) in [4.78, 5) is 15.1. The zero-order chi connectivity index (χ0) is 10.1. The van der Waals surface area contributed by atoms with E-state index in [2.05, 4.69) is 26.2 Å². The minimum absolute atomic E-state index is 0.0998. The highest BCUT2D eigenvalue weighted by Crippen LogP contribution is 2.19. The van der Waals surface area contributed by atoms with E-state index in [-0.39, 0.29) is 5.91 Å². The maximum atomic E-state index is 10.9. The predicted molar refractivity (Wildman–Crippen MR) is 57.2 cm³/mol. The Morgan fingerprint density at radius 3 is 3.14 bits per heavy atom. The Balaban J connectivity index is 2.59. The average molecular weight is 254 g/mol. The van der Waals surface area contributed by atoms with Crippen LogP contribution >= 0.6 is 15.9 Å². The van der Waals surface area contributed by atoms with Crippen LogP contribution in [-0.4, -0.2) is 15.3 Å². The van der Waals surface area contributed by atoms with Crippen LogP contribution in [0.2, 0.25) is 0 Å². The Hall–Kier alpha value is -1.36. The Morgan fingerprint density at radius 2 is 2.43 bits per heavy atom. The van der Waals surface area contributed by atoms with Crippen LogP contribution in [0.5, 0.6) is 0 Å². The molecule has 0 atom stereocenters. The molecule has 0 unspecified atom stereocenters. The van der Waals surface area contributed by atoms with E-state index in [9.17, 15) is 4.79 Å². The van der Waals surface area contributed by atoms with Crippen LogP contribution in [0.4, 0.5) is 5.69 Å². The fourth-order valence-electron chi connectivity index (χ4n) is 1.27. The molecule has 2 aromatic heterocycles. The van der Waals surface area contributed by atoms with Gasteiger partial charge in [-0.05, 0) is 28.1 Å². The summed E-state index contributed by atoms with van der Waals surface area (Å²) in [6, 6.07) is 3.67. The monoisotopic (exact) mass is 253 g/mol. The van der Waals surface area contributed by atoms with E-state index in [4.69, 9.17) is 0 Å². The van der Waals surface area contributed by atoms with Crippen molar-refractivity contribution in [3.8, 4) is 0 Å². The first-order chi connectivity index (χ1) is 6.68. The standard InChI is InChI=1S/C9H8BrN3O/c1-6(14)12-7-3-2-4-13-8(10)5-11-9(7)13/h2-5H,1H3,(H,12,14). The number of nitrogens with one attached hydrogen (secondary N) is 1. The highest BCUT2D eigenvalue weighted by molar-refractivity contribution is 9.10. The summed E-state index contributed by atoms with van der Waals surface area (Å²) in [5.74, 6) is -0.0998. The van der Waals surface area contributed by atoms with Gasteiger partial charge in [-0.25, -0.2) is 4.98 Å². The van der Waals surface area contributed by atoms with Crippen molar-refractivity contribution in [3.63, 3.8) is 0 Å². The van der Waals surface area contributed by atoms with E-state index < -0.39 is 0 Å². The van der Waals surface area contributed by atoms with E-state index in [0.29, 0.717) is 5.69 Å². The van der Waals surface area contributed by atoms with Gasteiger partial charge in [-0.3, -0.25) is 9.20 Å². The van der Waals surface area contributed by atoms with Crippen LogP contribution in [0.15, 0.2) is 29.1 Å².